The van der Waals surface area contributed by atoms with Crippen molar-refractivity contribution < 1.29 is 19.4 Å². The summed E-state index contributed by atoms with van der Waals surface area (Å²) in [4.78, 5) is 11.2. The summed E-state index contributed by atoms with van der Waals surface area (Å²) in [6.45, 7) is 4.33. The topological polar surface area (TPSA) is 93.6 Å². The number of ether oxygens (including phenoxy) is 2. The number of fused-ring (bicyclic) bond motifs is 1. The predicted octanol–water partition coefficient (Wildman–Crippen LogP) is 3.81. The molecule has 0 amide bonds. The standard InChI is InChI=1S/C23H25N3O4/c1-3-29-14-30-20-10-15(13-27)8-9-19(20)21-17-6-4-5-7-18(17)22(26-25-21)24-16-11-23(2,28)12-16/h4-10,13,16,28H,3,11-12,14H2,1-2H3,(H,24,26). The van der Waals surface area contributed by atoms with Gasteiger partial charge in [-0.1, -0.05) is 30.3 Å². The third kappa shape index (κ3) is 4.13. The van der Waals surface area contributed by atoms with E-state index in [9.17, 15) is 9.90 Å². The number of nitrogens with zero attached hydrogens (tertiary/aromatic N) is 2. The number of nitrogens with one attached hydrogen (secondary N) is 1. The molecule has 0 bridgehead atoms. The van der Waals surface area contributed by atoms with Gasteiger partial charge in [0, 0.05) is 34.5 Å². The normalized spacial score (nSPS) is 20.6. The largest absolute Gasteiger partial charge is 0.467 e. The van der Waals surface area contributed by atoms with E-state index in [1.165, 1.54) is 0 Å². The molecule has 1 aliphatic carbocycles. The molecular formula is C23H25N3O4. The summed E-state index contributed by atoms with van der Waals surface area (Å²) >= 11 is 0. The van der Waals surface area contributed by atoms with Crippen molar-refractivity contribution in [1.29, 1.82) is 0 Å². The Bertz CT molecular complexity index is 1060. The lowest BCUT2D eigenvalue weighted by Crippen LogP contribution is -2.48. The number of carbonyl (C=O) groups excluding carboxylic acids is 1. The Morgan fingerprint density at radius 2 is 1.97 bits per heavy atom. The van der Waals surface area contributed by atoms with Crippen LogP contribution in [0.5, 0.6) is 5.75 Å². The van der Waals surface area contributed by atoms with Crippen molar-refractivity contribution in [2.45, 2.75) is 38.3 Å². The molecule has 4 rings (SSSR count). The molecule has 3 aromatic rings. The summed E-state index contributed by atoms with van der Waals surface area (Å²) in [7, 11) is 0. The first kappa shape index (κ1) is 20.3. The number of rotatable bonds is 8. The molecule has 1 fully saturated rings. The fourth-order valence-electron chi connectivity index (χ4n) is 3.82. The van der Waals surface area contributed by atoms with Crippen LogP contribution in [0.2, 0.25) is 0 Å². The number of aliphatic hydroxyl groups is 1. The number of hydrogen-bond donors (Lipinski definition) is 2. The van der Waals surface area contributed by atoms with Crippen LogP contribution in [0.3, 0.4) is 0 Å². The summed E-state index contributed by atoms with van der Waals surface area (Å²) < 4.78 is 11.1. The number of aromatic nitrogens is 2. The maximum absolute atomic E-state index is 11.2. The van der Waals surface area contributed by atoms with Gasteiger partial charge in [0.15, 0.2) is 12.6 Å². The summed E-state index contributed by atoms with van der Waals surface area (Å²) in [6, 6.07) is 13.3. The first-order valence-corrected chi connectivity index (χ1v) is 10.1. The van der Waals surface area contributed by atoms with Crippen LogP contribution in [0.4, 0.5) is 5.82 Å². The zero-order valence-electron chi connectivity index (χ0n) is 17.1. The van der Waals surface area contributed by atoms with Crippen molar-refractivity contribution in [2.24, 2.45) is 0 Å². The second-order valence-electron chi connectivity index (χ2n) is 7.82. The van der Waals surface area contributed by atoms with E-state index >= 15 is 0 Å². The minimum atomic E-state index is -0.617. The number of carbonyl (C=O) groups is 1. The molecule has 1 aromatic heterocycles. The van der Waals surface area contributed by atoms with Gasteiger partial charge in [-0.15, -0.1) is 10.2 Å². The fraction of sp³-hybridized carbons (Fsp3) is 0.348. The monoisotopic (exact) mass is 407 g/mol. The van der Waals surface area contributed by atoms with Crippen LogP contribution >= 0.6 is 0 Å². The molecule has 0 spiro atoms. The fourth-order valence-corrected chi connectivity index (χ4v) is 3.82. The van der Waals surface area contributed by atoms with Crippen LogP contribution in [0.1, 0.15) is 37.0 Å². The van der Waals surface area contributed by atoms with Gasteiger partial charge in [0.05, 0.1) is 5.60 Å². The highest BCUT2D eigenvalue weighted by Crippen LogP contribution is 2.38. The van der Waals surface area contributed by atoms with Crippen LogP contribution in [-0.4, -0.2) is 46.6 Å². The van der Waals surface area contributed by atoms with Gasteiger partial charge in [-0.2, -0.15) is 0 Å². The summed E-state index contributed by atoms with van der Waals surface area (Å²) in [5.74, 6) is 1.21. The summed E-state index contributed by atoms with van der Waals surface area (Å²) in [5.41, 5.74) is 1.30. The number of hydrogen-bond acceptors (Lipinski definition) is 7. The average Bonchev–Trinajstić information content (AvgIpc) is 2.73. The Hall–Kier alpha value is -3.03. The molecule has 1 saturated carbocycles. The number of anilines is 1. The Labute approximate surface area is 175 Å². The highest BCUT2D eigenvalue weighted by Gasteiger charge is 2.38. The zero-order chi connectivity index (χ0) is 21.1. The van der Waals surface area contributed by atoms with Gasteiger partial charge < -0.3 is 19.9 Å². The van der Waals surface area contributed by atoms with Crippen molar-refractivity contribution in [3.8, 4) is 17.0 Å². The minimum Gasteiger partial charge on any atom is -0.467 e. The van der Waals surface area contributed by atoms with Crippen LogP contribution in [-0.2, 0) is 4.74 Å². The van der Waals surface area contributed by atoms with Crippen molar-refractivity contribution in [3.05, 3.63) is 48.0 Å². The molecular weight excluding hydrogens is 382 g/mol. The smallest absolute Gasteiger partial charge is 0.189 e. The molecule has 1 heterocycles. The van der Waals surface area contributed by atoms with Gasteiger partial charge in [-0.25, -0.2) is 0 Å². The SMILES string of the molecule is CCOCOc1cc(C=O)ccc1-c1nnc(NC2CC(C)(O)C2)c2ccccc12. The quantitative estimate of drug-likeness (QED) is 0.333. The maximum atomic E-state index is 11.2. The second-order valence-corrected chi connectivity index (χ2v) is 7.82. The molecule has 7 nitrogen and oxygen atoms in total. The Morgan fingerprint density at radius 3 is 2.67 bits per heavy atom. The van der Waals surface area contributed by atoms with Gasteiger partial charge >= 0.3 is 0 Å². The van der Waals surface area contributed by atoms with E-state index in [0.29, 0.717) is 42.3 Å². The lowest BCUT2D eigenvalue weighted by atomic mass is 9.77. The van der Waals surface area contributed by atoms with Crippen molar-refractivity contribution >= 4 is 22.9 Å². The van der Waals surface area contributed by atoms with E-state index in [1.54, 1.807) is 12.1 Å². The first-order valence-electron chi connectivity index (χ1n) is 10.1. The molecule has 0 aliphatic heterocycles. The van der Waals surface area contributed by atoms with E-state index in [4.69, 9.17) is 9.47 Å². The van der Waals surface area contributed by atoms with Crippen LogP contribution < -0.4 is 10.1 Å². The van der Waals surface area contributed by atoms with Crippen LogP contribution in [0.15, 0.2) is 42.5 Å². The lowest BCUT2D eigenvalue weighted by Gasteiger charge is -2.41. The van der Waals surface area contributed by atoms with E-state index < -0.39 is 5.60 Å². The molecule has 156 valence electrons. The van der Waals surface area contributed by atoms with Crippen LogP contribution in [0, 0.1) is 0 Å². The molecule has 2 aromatic carbocycles. The summed E-state index contributed by atoms with van der Waals surface area (Å²) in [6.07, 6.45) is 2.13. The zero-order valence-corrected chi connectivity index (χ0v) is 17.1. The van der Waals surface area contributed by atoms with Gasteiger partial charge in [0.2, 0.25) is 0 Å². The van der Waals surface area contributed by atoms with Gasteiger partial charge in [-0.05, 0) is 38.8 Å². The van der Waals surface area contributed by atoms with E-state index in [2.05, 4.69) is 15.5 Å². The molecule has 0 unspecified atom stereocenters. The molecule has 0 atom stereocenters. The van der Waals surface area contributed by atoms with Crippen molar-refractivity contribution in [3.63, 3.8) is 0 Å². The van der Waals surface area contributed by atoms with Gasteiger partial charge in [0.25, 0.3) is 0 Å². The Balaban J connectivity index is 1.73. The Kier molecular flexibility index (Phi) is 5.65. The molecule has 0 saturated heterocycles. The molecule has 30 heavy (non-hydrogen) atoms. The first-order chi connectivity index (χ1) is 14.5. The number of benzene rings is 2. The molecule has 0 radical (unpaired) electrons. The Morgan fingerprint density at radius 1 is 1.20 bits per heavy atom. The average molecular weight is 407 g/mol. The number of aldehydes is 1. The van der Waals surface area contributed by atoms with E-state index in [-0.39, 0.29) is 12.8 Å². The highest BCUT2D eigenvalue weighted by atomic mass is 16.7. The van der Waals surface area contributed by atoms with Crippen molar-refractivity contribution in [1.82, 2.24) is 10.2 Å². The predicted molar refractivity (Wildman–Crippen MR) is 115 cm³/mol. The van der Waals surface area contributed by atoms with Crippen LogP contribution in [0.25, 0.3) is 22.0 Å². The third-order valence-corrected chi connectivity index (χ3v) is 5.30. The lowest BCUT2D eigenvalue weighted by molar-refractivity contribution is -0.0235. The second kappa shape index (κ2) is 8.38. The summed E-state index contributed by atoms with van der Waals surface area (Å²) in [5, 5.41) is 24.2. The van der Waals surface area contributed by atoms with E-state index in [1.807, 2.05) is 44.2 Å². The van der Waals surface area contributed by atoms with Gasteiger partial charge in [0.1, 0.15) is 17.7 Å². The third-order valence-electron chi connectivity index (χ3n) is 5.30. The molecule has 2 N–H and O–H groups in total. The molecule has 7 heteroatoms. The van der Waals surface area contributed by atoms with Gasteiger partial charge in [-0.3, -0.25) is 4.79 Å². The molecule has 1 aliphatic rings. The minimum absolute atomic E-state index is 0.0818. The highest BCUT2D eigenvalue weighted by molar-refractivity contribution is 6.01. The van der Waals surface area contributed by atoms with E-state index in [0.717, 1.165) is 22.6 Å². The van der Waals surface area contributed by atoms with Crippen molar-refractivity contribution in [2.75, 3.05) is 18.7 Å². The maximum Gasteiger partial charge on any atom is 0.189 e.